The zero-order valence-corrected chi connectivity index (χ0v) is 13.6. The van der Waals surface area contributed by atoms with Gasteiger partial charge in [0, 0.05) is 12.7 Å². The average Bonchev–Trinajstić information content (AvgIpc) is 2.43. The average molecular weight is 348 g/mol. The van der Waals surface area contributed by atoms with Crippen LogP contribution in [0.1, 0.15) is 25.7 Å². The van der Waals surface area contributed by atoms with Crippen molar-refractivity contribution in [1.82, 2.24) is 15.6 Å². The summed E-state index contributed by atoms with van der Waals surface area (Å²) < 4.78 is 5.34. The highest BCUT2D eigenvalue weighted by Crippen LogP contribution is 2.33. The van der Waals surface area contributed by atoms with Crippen molar-refractivity contribution in [3.05, 3.63) is 22.3 Å². The third-order valence-corrected chi connectivity index (χ3v) is 4.04. The molecule has 0 saturated heterocycles. The maximum Gasteiger partial charge on any atom is 0.314 e. The topological polar surface area (TPSA) is 83.5 Å². The molecule has 6 nitrogen and oxygen atoms in total. The van der Waals surface area contributed by atoms with E-state index in [2.05, 4.69) is 15.6 Å². The Balaban J connectivity index is 1.56. The predicted molar refractivity (Wildman–Crippen MR) is 84.6 cm³/mol. The summed E-state index contributed by atoms with van der Waals surface area (Å²) in [5.74, 6) is 0.278. The molecule has 1 aromatic rings. The standard InChI is InChI=1S/C14H19Cl2N3O3/c15-10-8-11(16)12(19-9-10)22-7-6-18-13(20)17-5-4-14(21)2-1-3-14/h8-9,21H,1-7H2,(H2,17,18,20). The van der Waals surface area contributed by atoms with Crippen LogP contribution in [0.3, 0.4) is 0 Å². The van der Waals surface area contributed by atoms with Gasteiger partial charge in [0.2, 0.25) is 5.88 Å². The van der Waals surface area contributed by atoms with Crippen LogP contribution in [-0.2, 0) is 0 Å². The van der Waals surface area contributed by atoms with E-state index in [1.54, 1.807) is 0 Å². The molecule has 0 atom stereocenters. The molecular formula is C14H19Cl2N3O3. The molecule has 0 aliphatic heterocycles. The van der Waals surface area contributed by atoms with Crippen molar-refractivity contribution in [2.45, 2.75) is 31.3 Å². The molecule has 0 spiro atoms. The fourth-order valence-corrected chi connectivity index (χ4v) is 2.56. The first kappa shape index (κ1) is 17.1. The molecule has 1 aromatic heterocycles. The van der Waals surface area contributed by atoms with Gasteiger partial charge in [0.15, 0.2) is 0 Å². The van der Waals surface area contributed by atoms with Gasteiger partial charge < -0.3 is 20.5 Å². The zero-order chi connectivity index (χ0) is 16.0. The molecule has 1 heterocycles. The van der Waals surface area contributed by atoms with Gasteiger partial charge in [0.25, 0.3) is 0 Å². The first-order valence-corrected chi connectivity index (χ1v) is 7.92. The van der Waals surface area contributed by atoms with Crippen LogP contribution in [0.4, 0.5) is 4.79 Å². The lowest BCUT2D eigenvalue weighted by molar-refractivity contribution is -0.0389. The molecular weight excluding hydrogens is 329 g/mol. The van der Waals surface area contributed by atoms with E-state index < -0.39 is 5.60 Å². The highest BCUT2D eigenvalue weighted by atomic mass is 35.5. The van der Waals surface area contributed by atoms with E-state index in [1.807, 2.05) is 0 Å². The Kier molecular flexibility index (Phi) is 6.11. The van der Waals surface area contributed by atoms with Gasteiger partial charge in [-0.05, 0) is 31.7 Å². The van der Waals surface area contributed by atoms with Crippen molar-refractivity contribution in [3.8, 4) is 5.88 Å². The largest absolute Gasteiger partial charge is 0.475 e. The molecule has 3 N–H and O–H groups in total. The maximum absolute atomic E-state index is 11.5. The summed E-state index contributed by atoms with van der Waals surface area (Å²) in [5, 5.41) is 16.0. The van der Waals surface area contributed by atoms with E-state index in [0.717, 1.165) is 19.3 Å². The first-order valence-electron chi connectivity index (χ1n) is 7.16. The molecule has 0 radical (unpaired) electrons. The second kappa shape index (κ2) is 7.85. The Bertz CT molecular complexity index is 524. The minimum atomic E-state index is -0.576. The molecule has 1 fully saturated rings. The van der Waals surface area contributed by atoms with Crippen LogP contribution in [0.15, 0.2) is 12.3 Å². The van der Waals surface area contributed by atoms with Crippen LogP contribution in [-0.4, -0.2) is 41.4 Å². The molecule has 1 saturated carbocycles. The SMILES string of the molecule is O=C(NCCOc1ncc(Cl)cc1Cl)NCCC1(O)CCC1. The van der Waals surface area contributed by atoms with Crippen molar-refractivity contribution in [2.24, 2.45) is 0 Å². The number of amides is 2. The molecule has 2 rings (SSSR count). The van der Waals surface area contributed by atoms with E-state index in [9.17, 15) is 9.90 Å². The number of hydrogen-bond acceptors (Lipinski definition) is 4. The molecule has 1 aliphatic carbocycles. The highest BCUT2D eigenvalue weighted by molar-refractivity contribution is 6.35. The van der Waals surface area contributed by atoms with Gasteiger partial charge >= 0.3 is 6.03 Å². The monoisotopic (exact) mass is 347 g/mol. The number of hydrogen-bond donors (Lipinski definition) is 3. The third-order valence-electron chi connectivity index (χ3n) is 3.56. The Morgan fingerprint density at radius 1 is 1.36 bits per heavy atom. The molecule has 122 valence electrons. The van der Waals surface area contributed by atoms with Crippen LogP contribution in [0.2, 0.25) is 10.0 Å². The Morgan fingerprint density at radius 2 is 2.09 bits per heavy atom. The van der Waals surface area contributed by atoms with Gasteiger partial charge in [-0.3, -0.25) is 0 Å². The number of aliphatic hydroxyl groups is 1. The number of carbonyl (C=O) groups excluding carboxylic acids is 1. The van der Waals surface area contributed by atoms with E-state index in [1.165, 1.54) is 12.3 Å². The Hall–Kier alpha value is -1.24. The van der Waals surface area contributed by atoms with Crippen LogP contribution >= 0.6 is 23.2 Å². The van der Waals surface area contributed by atoms with Gasteiger partial charge in [-0.15, -0.1) is 0 Å². The summed E-state index contributed by atoms with van der Waals surface area (Å²) in [6, 6.07) is 1.25. The Morgan fingerprint density at radius 3 is 2.73 bits per heavy atom. The predicted octanol–water partition coefficient (Wildman–Crippen LogP) is 2.37. The summed E-state index contributed by atoms with van der Waals surface area (Å²) in [4.78, 5) is 15.5. The molecule has 8 heteroatoms. The summed E-state index contributed by atoms with van der Waals surface area (Å²) >= 11 is 11.6. The number of urea groups is 1. The minimum Gasteiger partial charge on any atom is -0.475 e. The van der Waals surface area contributed by atoms with Crippen LogP contribution < -0.4 is 15.4 Å². The van der Waals surface area contributed by atoms with Crippen molar-refractivity contribution < 1.29 is 14.6 Å². The van der Waals surface area contributed by atoms with Gasteiger partial charge in [-0.25, -0.2) is 9.78 Å². The van der Waals surface area contributed by atoms with E-state index in [0.29, 0.717) is 29.6 Å². The van der Waals surface area contributed by atoms with Gasteiger partial charge in [-0.2, -0.15) is 0 Å². The van der Waals surface area contributed by atoms with E-state index in [4.69, 9.17) is 27.9 Å². The van der Waals surface area contributed by atoms with Gasteiger partial charge in [0.05, 0.1) is 17.2 Å². The number of nitrogens with zero attached hydrogens (tertiary/aromatic N) is 1. The highest BCUT2D eigenvalue weighted by Gasteiger charge is 2.33. The molecule has 0 aromatic carbocycles. The van der Waals surface area contributed by atoms with E-state index >= 15 is 0 Å². The minimum absolute atomic E-state index is 0.242. The second-order valence-corrected chi connectivity index (χ2v) is 6.14. The summed E-state index contributed by atoms with van der Waals surface area (Å²) in [6.45, 7) is 1.01. The molecule has 1 aliphatic rings. The summed E-state index contributed by atoms with van der Waals surface area (Å²) in [7, 11) is 0. The van der Waals surface area contributed by atoms with Gasteiger partial charge in [-0.1, -0.05) is 23.2 Å². The van der Waals surface area contributed by atoms with Crippen LogP contribution in [0, 0.1) is 0 Å². The smallest absolute Gasteiger partial charge is 0.314 e. The number of ether oxygens (including phenoxy) is 1. The number of aromatic nitrogens is 1. The fourth-order valence-electron chi connectivity index (χ4n) is 2.13. The van der Waals surface area contributed by atoms with Crippen molar-refractivity contribution in [2.75, 3.05) is 19.7 Å². The quantitative estimate of drug-likeness (QED) is 0.661. The number of nitrogens with one attached hydrogen (secondary N) is 2. The molecule has 22 heavy (non-hydrogen) atoms. The lowest BCUT2D eigenvalue weighted by Gasteiger charge is -2.36. The Labute approximate surface area is 139 Å². The molecule has 2 amide bonds. The summed E-state index contributed by atoms with van der Waals surface area (Å²) in [5.41, 5.74) is -0.576. The number of carbonyl (C=O) groups is 1. The molecule has 0 bridgehead atoms. The lowest BCUT2D eigenvalue weighted by Crippen LogP contribution is -2.43. The molecule has 0 unspecified atom stereocenters. The zero-order valence-electron chi connectivity index (χ0n) is 12.1. The summed E-state index contributed by atoms with van der Waals surface area (Å²) in [6.07, 6.45) is 4.72. The van der Waals surface area contributed by atoms with E-state index in [-0.39, 0.29) is 18.5 Å². The van der Waals surface area contributed by atoms with Crippen molar-refractivity contribution in [1.29, 1.82) is 0 Å². The number of pyridine rings is 1. The normalized spacial score (nSPS) is 15.8. The number of rotatable bonds is 7. The van der Waals surface area contributed by atoms with Crippen LogP contribution in [0.25, 0.3) is 0 Å². The fraction of sp³-hybridized carbons (Fsp3) is 0.571. The number of halogens is 2. The second-order valence-electron chi connectivity index (χ2n) is 5.30. The maximum atomic E-state index is 11.5. The lowest BCUT2D eigenvalue weighted by atomic mass is 9.78. The first-order chi connectivity index (χ1) is 10.5. The van der Waals surface area contributed by atoms with Crippen LogP contribution in [0.5, 0.6) is 5.88 Å². The third kappa shape index (κ3) is 5.19. The van der Waals surface area contributed by atoms with Crippen molar-refractivity contribution in [3.63, 3.8) is 0 Å². The van der Waals surface area contributed by atoms with Gasteiger partial charge in [0.1, 0.15) is 11.6 Å². The van der Waals surface area contributed by atoms with Crippen molar-refractivity contribution >= 4 is 29.2 Å².